The third-order valence-corrected chi connectivity index (χ3v) is 5.30. The van der Waals surface area contributed by atoms with Crippen molar-refractivity contribution < 1.29 is 9.59 Å². The zero-order chi connectivity index (χ0) is 17.9. The lowest BCUT2D eigenvalue weighted by molar-refractivity contribution is 0.0874. The molecule has 2 aromatic rings. The minimum atomic E-state index is -0.315. The number of hydrogen-bond acceptors (Lipinski definition) is 4. The van der Waals surface area contributed by atoms with Crippen LogP contribution in [0.3, 0.4) is 0 Å². The van der Waals surface area contributed by atoms with E-state index in [1.165, 1.54) is 23.9 Å². The number of aromatic nitrogens is 3. The van der Waals surface area contributed by atoms with Gasteiger partial charge in [-0.25, -0.2) is 4.68 Å². The molecular formula is C19H23N5O2. The Bertz CT molecular complexity index is 796. The van der Waals surface area contributed by atoms with E-state index in [1.807, 2.05) is 30.3 Å². The van der Waals surface area contributed by atoms with Crippen molar-refractivity contribution in [3.8, 4) is 0 Å². The van der Waals surface area contributed by atoms with E-state index in [-0.39, 0.29) is 29.2 Å². The molecule has 0 radical (unpaired) electrons. The van der Waals surface area contributed by atoms with Gasteiger partial charge in [-0.05, 0) is 24.3 Å². The molecule has 7 nitrogen and oxygen atoms in total. The highest BCUT2D eigenvalue weighted by Gasteiger charge is 2.32. The maximum Gasteiger partial charge on any atom is 0.274 e. The molecule has 0 spiro atoms. The summed E-state index contributed by atoms with van der Waals surface area (Å²) in [5.41, 5.74) is 1.37. The summed E-state index contributed by atoms with van der Waals surface area (Å²) in [7, 11) is 0. The quantitative estimate of drug-likeness (QED) is 0.881. The molecule has 1 aliphatic heterocycles. The van der Waals surface area contributed by atoms with Crippen LogP contribution in [-0.4, -0.2) is 33.4 Å². The van der Waals surface area contributed by atoms with Crippen molar-refractivity contribution in [1.82, 2.24) is 25.6 Å². The molecule has 1 aliphatic carbocycles. The number of fused-ring (bicyclic) bond motifs is 1. The number of benzene rings is 1. The fourth-order valence-corrected chi connectivity index (χ4v) is 3.85. The lowest BCUT2D eigenvalue weighted by Gasteiger charge is -2.25. The van der Waals surface area contributed by atoms with Gasteiger partial charge in [0.05, 0.1) is 12.6 Å². The summed E-state index contributed by atoms with van der Waals surface area (Å²) in [6.07, 6.45) is 6.04. The van der Waals surface area contributed by atoms with Crippen LogP contribution >= 0.6 is 0 Å². The van der Waals surface area contributed by atoms with Crippen LogP contribution in [0.5, 0.6) is 0 Å². The Labute approximate surface area is 152 Å². The van der Waals surface area contributed by atoms with Crippen LogP contribution in [0, 0.1) is 5.92 Å². The van der Waals surface area contributed by atoms with Gasteiger partial charge in [-0.2, -0.15) is 0 Å². The minimum Gasteiger partial charge on any atom is -0.350 e. The molecule has 2 heterocycles. The molecule has 4 rings (SSSR count). The van der Waals surface area contributed by atoms with Crippen molar-refractivity contribution in [3.05, 3.63) is 47.3 Å². The van der Waals surface area contributed by atoms with Crippen molar-refractivity contribution in [2.75, 3.05) is 6.54 Å². The maximum absolute atomic E-state index is 12.6. The molecule has 2 amide bonds. The van der Waals surface area contributed by atoms with E-state index in [2.05, 4.69) is 20.9 Å². The predicted molar refractivity (Wildman–Crippen MR) is 95.6 cm³/mol. The summed E-state index contributed by atoms with van der Waals surface area (Å²) in [4.78, 5) is 25.1. The number of carbonyl (C=O) groups is 2. The van der Waals surface area contributed by atoms with Gasteiger partial charge in [0.2, 0.25) is 0 Å². The topological polar surface area (TPSA) is 88.9 Å². The third kappa shape index (κ3) is 3.34. The number of nitrogens with one attached hydrogen (secondary N) is 2. The van der Waals surface area contributed by atoms with Gasteiger partial charge in [0.15, 0.2) is 11.4 Å². The van der Waals surface area contributed by atoms with Gasteiger partial charge in [0.1, 0.15) is 0 Å². The summed E-state index contributed by atoms with van der Waals surface area (Å²) in [5.74, 6) is -0.0987. The number of rotatable bonds is 4. The van der Waals surface area contributed by atoms with Crippen molar-refractivity contribution in [3.63, 3.8) is 0 Å². The van der Waals surface area contributed by atoms with E-state index in [0.29, 0.717) is 19.0 Å². The van der Waals surface area contributed by atoms with Crippen LogP contribution in [0.2, 0.25) is 0 Å². The highest BCUT2D eigenvalue weighted by molar-refractivity contribution is 6.05. The highest BCUT2D eigenvalue weighted by atomic mass is 16.2. The smallest absolute Gasteiger partial charge is 0.274 e. The van der Waals surface area contributed by atoms with Crippen LogP contribution in [0.25, 0.3) is 0 Å². The largest absolute Gasteiger partial charge is 0.350 e. The van der Waals surface area contributed by atoms with Crippen LogP contribution in [0.4, 0.5) is 0 Å². The standard InChI is InChI=1S/C19H23N5O2/c25-18(20-11-13-7-3-1-4-8-13)16-17-19(26)21-15(12-24(17)23-22-16)14-9-5-2-6-10-14/h2,5-6,9-10,13,15H,1,3-4,7-8,11-12H2,(H,20,25)(H,21,26)/t15-/m1/s1. The van der Waals surface area contributed by atoms with Gasteiger partial charge in [0.25, 0.3) is 11.8 Å². The number of hydrogen-bond donors (Lipinski definition) is 2. The zero-order valence-electron chi connectivity index (χ0n) is 14.6. The lowest BCUT2D eigenvalue weighted by atomic mass is 9.89. The van der Waals surface area contributed by atoms with Gasteiger partial charge in [-0.1, -0.05) is 54.8 Å². The summed E-state index contributed by atoms with van der Waals surface area (Å²) in [6, 6.07) is 9.56. The molecule has 2 N–H and O–H groups in total. The Balaban J connectivity index is 1.46. The first-order chi connectivity index (χ1) is 12.7. The minimum absolute atomic E-state index is 0.116. The molecule has 1 atom stereocenters. The average Bonchev–Trinajstić information content (AvgIpc) is 3.12. The maximum atomic E-state index is 12.6. The first-order valence-corrected chi connectivity index (χ1v) is 9.30. The van der Waals surface area contributed by atoms with Crippen LogP contribution in [0.15, 0.2) is 30.3 Å². The third-order valence-electron chi connectivity index (χ3n) is 5.30. The van der Waals surface area contributed by atoms with E-state index >= 15 is 0 Å². The number of amides is 2. The van der Waals surface area contributed by atoms with Gasteiger partial charge < -0.3 is 10.6 Å². The second kappa shape index (κ2) is 7.27. The lowest BCUT2D eigenvalue weighted by Crippen LogP contribution is -2.40. The van der Waals surface area contributed by atoms with Crippen LogP contribution in [0.1, 0.15) is 64.7 Å². The van der Waals surface area contributed by atoms with E-state index in [0.717, 1.165) is 18.4 Å². The fraction of sp³-hybridized carbons (Fsp3) is 0.474. The Morgan fingerprint density at radius 2 is 1.96 bits per heavy atom. The molecule has 1 aromatic carbocycles. The van der Waals surface area contributed by atoms with Gasteiger partial charge >= 0.3 is 0 Å². The first kappa shape index (κ1) is 16.8. The average molecular weight is 353 g/mol. The Kier molecular flexibility index (Phi) is 4.69. The fourth-order valence-electron chi connectivity index (χ4n) is 3.85. The molecule has 0 bridgehead atoms. The van der Waals surface area contributed by atoms with E-state index in [9.17, 15) is 9.59 Å². The van der Waals surface area contributed by atoms with Gasteiger partial charge in [-0.15, -0.1) is 5.10 Å². The number of carbonyl (C=O) groups excluding carboxylic acids is 2. The molecular weight excluding hydrogens is 330 g/mol. The predicted octanol–water partition coefficient (Wildman–Crippen LogP) is 2.07. The molecule has 7 heteroatoms. The summed E-state index contributed by atoms with van der Waals surface area (Å²) in [6.45, 7) is 1.10. The SMILES string of the molecule is O=C(NCC1CCCCC1)c1nnn2c1C(=O)N[C@@H](c1ccccc1)C2. The monoisotopic (exact) mass is 353 g/mol. The van der Waals surface area contributed by atoms with Crippen molar-refractivity contribution in [2.24, 2.45) is 5.92 Å². The Morgan fingerprint density at radius 3 is 2.73 bits per heavy atom. The van der Waals surface area contributed by atoms with E-state index in [1.54, 1.807) is 0 Å². The molecule has 1 fully saturated rings. The normalized spacial score (nSPS) is 20.3. The molecule has 26 heavy (non-hydrogen) atoms. The van der Waals surface area contributed by atoms with Gasteiger partial charge in [-0.3, -0.25) is 9.59 Å². The summed E-state index contributed by atoms with van der Waals surface area (Å²) in [5, 5.41) is 13.9. The molecule has 0 unspecified atom stereocenters. The van der Waals surface area contributed by atoms with E-state index in [4.69, 9.17) is 0 Å². The van der Waals surface area contributed by atoms with Crippen molar-refractivity contribution in [1.29, 1.82) is 0 Å². The molecule has 2 aliphatic rings. The molecule has 0 saturated heterocycles. The second-order valence-electron chi connectivity index (χ2n) is 7.12. The van der Waals surface area contributed by atoms with Gasteiger partial charge in [0, 0.05) is 6.54 Å². The summed E-state index contributed by atoms with van der Waals surface area (Å²) < 4.78 is 1.53. The van der Waals surface area contributed by atoms with Crippen LogP contribution in [-0.2, 0) is 6.54 Å². The Hall–Kier alpha value is -2.70. The first-order valence-electron chi connectivity index (χ1n) is 9.30. The Morgan fingerprint density at radius 1 is 1.19 bits per heavy atom. The zero-order valence-corrected chi connectivity index (χ0v) is 14.6. The second-order valence-corrected chi connectivity index (χ2v) is 7.12. The molecule has 136 valence electrons. The van der Waals surface area contributed by atoms with Crippen molar-refractivity contribution in [2.45, 2.75) is 44.7 Å². The number of nitrogens with zero attached hydrogens (tertiary/aromatic N) is 3. The van der Waals surface area contributed by atoms with Crippen molar-refractivity contribution >= 4 is 11.8 Å². The highest BCUT2D eigenvalue weighted by Crippen LogP contribution is 2.24. The molecule has 1 aromatic heterocycles. The van der Waals surface area contributed by atoms with E-state index < -0.39 is 0 Å². The summed E-state index contributed by atoms with van der Waals surface area (Å²) >= 11 is 0. The van der Waals surface area contributed by atoms with Crippen LogP contribution < -0.4 is 10.6 Å². The molecule has 1 saturated carbocycles.